The maximum Gasteiger partial charge on any atom is 0.397 e. The molecule has 0 spiro atoms. The van der Waals surface area contributed by atoms with Gasteiger partial charge in [0, 0.05) is 0 Å². The molecule has 1 aliphatic heterocycles. The maximum atomic E-state index is 13.0. The molecule has 1 amide bonds. The van der Waals surface area contributed by atoms with Gasteiger partial charge >= 0.3 is 10.4 Å². The van der Waals surface area contributed by atoms with Crippen LogP contribution in [0.4, 0.5) is 0 Å². The highest BCUT2D eigenvalue weighted by atomic mass is 32.3. The topological polar surface area (TPSA) is 212 Å². The van der Waals surface area contributed by atoms with Crippen molar-refractivity contribution in [3.05, 3.63) is 24.3 Å². The quantitative estimate of drug-likeness (QED) is 0.0268. The molecular formula is C38H71NO12S. The zero-order valence-electron chi connectivity index (χ0n) is 31.7. The number of nitrogens with one attached hydrogen (secondary N) is 1. The van der Waals surface area contributed by atoms with Crippen LogP contribution in [0.5, 0.6) is 0 Å². The second kappa shape index (κ2) is 29.8. The number of unbranched alkanes of at least 4 members (excludes halogenated alkanes) is 17. The van der Waals surface area contributed by atoms with Gasteiger partial charge in [-0.05, 0) is 44.9 Å². The average molecular weight is 766 g/mol. The molecule has 1 saturated heterocycles. The molecule has 0 aromatic carbocycles. The predicted octanol–water partition coefficient (Wildman–Crippen LogP) is 5.18. The Hall–Kier alpha value is -1.46. The molecule has 1 heterocycles. The van der Waals surface area contributed by atoms with Gasteiger partial charge in [-0.15, -0.1) is 0 Å². The fourth-order valence-corrected chi connectivity index (χ4v) is 6.61. The summed E-state index contributed by atoms with van der Waals surface area (Å²) >= 11 is 0. The van der Waals surface area contributed by atoms with E-state index >= 15 is 0 Å². The minimum Gasteiger partial charge on any atom is -0.394 e. The first-order valence-corrected chi connectivity index (χ1v) is 21.2. The molecular weight excluding hydrogens is 694 g/mol. The predicted molar refractivity (Wildman–Crippen MR) is 201 cm³/mol. The molecule has 0 radical (unpaired) electrons. The van der Waals surface area contributed by atoms with Crippen LogP contribution in [0.15, 0.2) is 24.3 Å². The SMILES string of the molecule is CCCCCCC/C=C/C(O)C(COC1OC(CO)C(O)C(OS(=O)(=O)O)C1O)NC(=O)C(O)CCCCCCCC/C=C\CCCCCCCC. The molecule has 13 nitrogen and oxygen atoms in total. The first kappa shape index (κ1) is 48.6. The van der Waals surface area contributed by atoms with E-state index in [2.05, 4.69) is 35.5 Å². The van der Waals surface area contributed by atoms with Crippen molar-refractivity contribution < 1.29 is 57.0 Å². The summed E-state index contributed by atoms with van der Waals surface area (Å²) in [5.41, 5.74) is 0. The highest BCUT2D eigenvalue weighted by Crippen LogP contribution is 2.26. The molecule has 7 N–H and O–H groups in total. The Morgan fingerprint density at radius 1 is 0.769 bits per heavy atom. The van der Waals surface area contributed by atoms with Crippen LogP contribution in [-0.2, 0) is 28.9 Å². The maximum absolute atomic E-state index is 13.0. The van der Waals surface area contributed by atoms with Gasteiger partial charge in [0.25, 0.3) is 0 Å². The second-order valence-corrected chi connectivity index (χ2v) is 15.1. The van der Waals surface area contributed by atoms with Crippen LogP contribution in [0.25, 0.3) is 0 Å². The number of aliphatic hydroxyl groups is 5. The van der Waals surface area contributed by atoms with E-state index < -0.39 is 78.5 Å². The van der Waals surface area contributed by atoms with Crippen LogP contribution in [0.3, 0.4) is 0 Å². The number of hydrogen-bond acceptors (Lipinski definition) is 11. The van der Waals surface area contributed by atoms with Crippen molar-refractivity contribution in [2.45, 2.75) is 198 Å². The molecule has 0 saturated carbocycles. The van der Waals surface area contributed by atoms with Crippen molar-refractivity contribution in [3.8, 4) is 0 Å². The van der Waals surface area contributed by atoms with Crippen LogP contribution in [0.1, 0.15) is 149 Å². The van der Waals surface area contributed by atoms with Crippen LogP contribution >= 0.6 is 0 Å². The lowest BCUT2D eigenvalue weighted by Crippen LogP contribution is -2.61. The molecule has 8 atom stereocenters. The lowest BCUT2D eigenvalue weighted by molar-refractivity contribution is -0.298. The summed E-state index contributed by atoms with van der Waals surface area (Å²) in [4.78, 5) is 13.0. The lowest BCUT2D eigenvalue weighted by atomic mass is 9.99. The zero-order valence-corrected chi connectivity index (χ0v) is 32.5. The third-order valence-electron chi connectivity index (χ3n) is 9.33. The van der Waals surface area contributed by atoms with Gasteiger partial charge in [0.15, 0.2) is 6.29 Å². The number of hydrogen-bond donors (Lipinski definition) is 7. The molecule has 0 bridgehead atoms. The Morgan fingerprint density at radius 2 is 1.27 bits per heavy atom. The van der Waals surface area contributed by atoms with Crippen LogP contribution in [0.2, 0.25) is 0 Å². The third kappa shape index (κ3) is 22.7. The van der Waals surface area contributed by atoms with Crippen molar-refractivity contribution in [3.63, 3.8) is 0 Å². The van der Waals surface area contributed by atoms with Gasteiger partial charge < -0.3 is 40.3 Å². The number of carbonyl (C=O) groups is 1. The van der Waals surface area contributed by atoms with E-state index in [4.69, 9.17) is 14.0 Å². The minimum absolute atomic E-state index is 0.236. The Morgan fingerprint density at radius 3 is 1.79 bits per heavy atom. The molecule has 306 valence electrons. The smallest absolute Gasteiger partial charge is 0.394 e. The summed E-state index contributed by atoms with van der Waals surface area (Å²) in [6.45, 7) is 3.10. The number of rotatable bonds is 32. The van der Waals surface area contributed by atoms with Crippen LogP contribution in [0, 0.1) is 0 Å². The molecule has 1 aliphatic rings. The van der Waals surface area contributed by atoms with E-state index in [-0.39, 0.29) is 6.42 Å². The standard InChI is InChI=1S/C38H71NO12S/c1-3-5-7-9-11-12-13-14-15-16-17-18-19-21-23-25-27-32(42)37(45)39-30(31(41)26-24-22-20-10-8-6-4-2)29-49-38-35(44)36(51-52(46,47)48)34(43)33(28-40)50-38/h14-15,24,26,30-36,38,40-44H,3-13,16-23,25,27-29H2,1-2H3,(H,39,45)(H,46,47,48)/b15-14-,26-24+. The Kier molecular flexibility index (Phi) is 27.9. The van der Waals surface area contributed by atoms with E-state index in [1.807, 2.05) is 0 Å². The van der Waals surface area contributed by atoms with Gasteiger partial charge in [-0.3, -0.25) is 9.35 Å². The van der Waals surface area contributed by atoms with Crippen LogP contribution in [-0.4, -0.2) is 107 Å². The van der Waals surface area contributed by atoms with Crippen molar-refractivity contribution in [2.75, 3.05) is 13.2 Å². The highest BCUT2D eigenvalue weighted by molar-refractivity contribution is 7.80. The summed E-state index contributed by atoms with van der Waals surface area (Å²) in [6, 6.07) is -1.12. The van der Waals surface area contributed by atoms with Gasteiger partial charge in [-0.1, -0.05) is 128 Å². The Labute approximate surface area is 313 Å². The number of amides is 1. The van der Waals surface area contributed by atoms with E-state index in [0.29, 0.717) is 12.8 Å². The summed E-state index contributed by atoms with van der Waals surface area (Å²) in [6.07, 6.45) is 18.8. The van der Waals surface area contributed by atoms with E-state index in [1.165, 1.54) is 44.6 Å². The highest BCUT2D eigenvalue weighted by Gasteiger charge is 2.48. The van der Waals surface area contributed by atoms with Gasteiger partial charge in [0.2, 0.25) is 5.91 Å². The number of aliphatic hydroxyl groups excluding tert-OH is 5. The number of ether oxygens (including phenoxy) is 2. The lowest BCUT2D eigenvalue weighted by Gasteiger charge is -2.41. The van der Waals surface area contributed by atoms with Crippen molar-refractivity contribution in [2.24, 2.45) is 0 Å². The summed E-state index contributed by atoms with van der Waals surface area (Å²) in [5.74, 6) is -0.713. The summed E-state index contributed by atoms with van der Waals surface area (Å²) in [7, 11) is -5.11. The van der Waals surface area contributed by atoms with Gasteiger partial charge in [-0.2, -0.15) is 8.42 Å². The number of carbonyl (C=O) groups excluding carboxylic acids is 1. The van der Waals surface area contributed by atoms with Crippen LogP contribution < -0.4 is 5.32 Å². The second-order valence-electron chi connectivity index (χ2n) is 14.0. The Bertz CT molecular complexity index is 1060. The molecule has 1 fully saturated rings. The normalized spacial score (nSPS) is 23.0. The molecule has 8 unspecified atom stereocenters. The molecule has 0 aliphatic carbocycles. The first-order valence-electron chi connectivity index (χ1n) is 19.8. The first-order chi connectivity index (χ1) is 24.9. The monoisotopic (exact) mass is 765 g/mol. The molecule has 0 aromatic rings. The summed E-state index contributed by atoms with van der Waals surface area (Å²) in [5, 5.41) is 54.7. The molecule has 14 heteroatoms. The molecule has 52 heavy (non-hydrogen) atoms. The number of allylic oxidation sites excluding steroid dienone is 3. The Balaban J connectivity index is 2.60. The van der Waals surface area contributed by atoms with E-state index in [0.717, 1.165) is 77.0 Å². The fraction of sp³-hybridized carbons (Fsp3) is 0.868. The van der Waals surface area contributed by atoms with Crippen molar-refractivity contribution >= 4 is 16.3 Å². The van der Waals surface area contributed by atoms with Crippen molar-refractivity contribution in [1.82, 2.24) is 5.32 Å². The molecule has 0 aromatic heterocycles. The van der Waals surface area contributed by atoms with Gasteiger partial charge in [-0.25, -0.2) is 4.18 Å². The van der Waals surface area contributed by atoms with Gasteiger partial charge in [0.1, 0.15) is 30.5 Å². The van der Waals surface area contributed by atoms with Crippen molar-refractivity contribution in [1.29, 1.82) is 0 Å². The van der Waals surface area contributed by atoms with E-state index in [9.17, 15) is 38.7 Å². The minimum atomic E-state index is -5.11. The summed E-state index contributed by atoms with van der Waals surface area (Å²) < 4.78 is 47.1. The zero-order chi connectivity index (χ0) is 38.6. The van der Waals surface area contributed by atoms with E-state index in [1.54, 1.807) is 6.08 Å². The third-order valence-corrected chi connectivity index (χ3v) is 9.80. The molecule has 1 rings (SSSR count). The van der Waals surface area contributed by atoms with Gasteiger partial charge in [0.05, 0.1) is 25.4 Å². The fourth-order valence-electron chi connectivity index (χ4n) is 6.10. The largest absolute Gasteiger partial charge is 0.397 e. The average Bonchev–Trinajstić information content (AvgIpc) is 3.11.